The lowest BCUT2D eigenvalue weighted by atomic mass is 10.1. The minimum Gasteiger partial charge on any atom is -0.479 e. The molecule has 1 aromatic rings. The fourth-order valence-electron chi connectivity index (χ4n) is 1.52. The largest absolute Gasteiger partial charge is 0.479 e. The Hall–Kier alpha value is -2.04. The summed E-state index contributed by atoms with van der Waals surface area (Å²) >= 11 is 0. The van der Waals surface area contributed by atoms with Crippen molar-refractivity contribution in [2.45, 2.75) is 24.9 Å². The van der Waals surface area contributed by atoms with Crippen molar-refractivity contribution in [1.82, 2.24) is 10.6 Å². The summed E-state index contributed by atoms with van der Waals surface area (Å²) in [5.41, 5.74) is 0.561. The average Bonchev–Trinajstić information content (AvgIpc) is 3.10. The van der Waals surface area contributed by atoms with Gasteiger partial charge in [0, 0.05) is 6.04 Å². The zero-order valence-corrected chi connectivity index (χ0v) is 9.22. The summed E-state index contributed by atoms with van der Waals surface area (Å²) in [6, 6.07) is 7.41. The van der Waals surface area contributed by atoms with E-state index in [0.717, 1.165) is 12.8 Å². The highest BCUT2D eigenvalue weighted by molar-refractivity contribution is 5.83. The van der Waals surface area contributed by atoms with Crippen LogP contribution in [0.15, 0.2) is 30.3 Å². The summed E-state index contributed by atoms with van der Waals surface area (Å²) in [4.78, 5) is 22.6. The molecule has 0 radical (unpaired) electrons. The molecule has 1 saturated carbocycles. The molecule has 1 atom stereocenters. The first-order valence-corrected chi connectivity index (χ1v) is 5.51. The van der Waals surface area contributed by atoms with Gasteiger partial charge >= 0.3 is 12.0 Å². The van der Waals surface area contributed by atoms with Gasteiger partial charge in [0.05, 0.1) is 0 Å². The molecule has 2 rings (SSSR count). The lowest BCUT2D eigenvalue weighted by Gasteiger charge is -2.15. The Morgan fingerprint density at radius 3 is 2.41 bits per heavy atom. The van der Waals surface area contributed by atoms with E-state index in [4.69, 9.17) is 5.11 Å². The van der Waals surface area contributed by atoms with Gasteiger partial charge in [-0.15, -0.1) is 0 Å². The van der Waals surface area contributed by atoms with E-state index in [9.17, 15) is 9.59 Å². The lowest BCUT2D eigenvalue weighted by Crippen LogP contribution is -2.41. The quantitative estimate of drug-likeness (QED) is 0.734. The summed E-state index contributed by atoms with van der Waals surface area (Å²) in [7, 11) is 0. The maximum atomic E-state index is 11.5. The smallest absolute Gasteiger partial charge is 0.330 e. The number of hydrogen-bond donors (Lipinski definition) is 3. The molecule has 0 bridgehead atoms. The predicted octanol–water partition coefficient (Wildman–Crippen LogP) is 1.27. The summed E-state index contributed by atoms with van der Waals surface area (Å²) < 4.78 is 0. The van der Waals surface area contributed by atoms with Gasteiger partial charge in [0.15, 0.2) is 6.04 Å². The number of urea groups is 1. The first-order valence-electron chi connectivity index (χ1n) is 5.51. The number of rotatable bonds is 4. The van der Waals surface area contributed by atoms with Crippen LogP contribution in [0, 0.1) is 0 Å². The normalized spacial score (nSPS) is 16.0. The van der Waals surface area contributed by atoms with Crippen molar-refractivity contribution in [2.75, 3.05) is 0 Å². The number of amides is 2. The van der Waals surface area contributed by atoms with Crippen molar-refractivity contribution in [1.29, 1.82) is 0 Å². The minimum absolute atomic E-state index is 0.209. The number of aliphatic carboxylic acids is 1. The van der Waals surface area contributed by atoms with Crippen LogP contribution >= 0.6 is 0 Å². The highest BCUT2D eigenvalue weighted by atomic mass is 16.4. The van der Waals surface area contributed by atoms with Gasteiger partial charge in [-0.2, -0.15) is 0 Å². The van der Waals surface area contributed by atoms with Crippen molar-refractivity contribution < 1.29 is 14.7 Å². The molecular weight excluding hydrogens is 220 g/mol. The van der Waals surface area contributed by atoms with Crippen LogP contribution in [0.1, 0.15) is 24.4 Å². The van der Waals surface area contributed by atoms with Gasteiger partial charge in [0.25, 0.3) is 0 Å². The average molecular weight is 234 g/mol. The predicted molar refractivity (Wildman–Crippen MR) is 61.5 cm³/mol. The van der Waals surface area contributed by atoms with Crippen molar-refractivity contribution in [3.63, 3.8) is 0 Å². The van der Waals surface area contributed by atoms with E-state index < -0.39 is 18.0 Å². The third-order valence-electron chi connectivity index (χ3n) is 2.57. The van der Waals surface area contributed by atoms with Gasteiger partial charge in [-0.1, -0.05) is 30.3 Å². The zero-order chi connectivity index (χ0) is 12.3. The van der Waals surface area contributed by atoms with Crippen LogP contribution in [0.3, 0.4) is 0 Å². The van der Waals surface area contributed by atoms with Gasteiger partial charge in [-0.05, 0) is 18.4 Å². The van der Waals surface area contributed by atoms with E-state index in [0.29, 0.717) is 5.56 Å². The van der Waals surface area contributed by atoms with E-state index in [1.165, 1.54) is 0 Å². The summed E-state index contributed by atoms with van der Waals surface area (Å²) in [6.45, 7) is 0. The number of carboxylic acid groups (broad SMARTS) is 1. The number of hydrogen-bond acceptors (Lipinski definition) is 2. The van der Waals surface area contributed by atoms with Gasteiger partial charge in [-0.3, -0.25) is 0 Å². The van der Waals surface area contributed by atoms with Crippen LogP contribution in [0.5, 0.6) is 0 Å². The fourth-order valence-corrected chi connectivity index (χ4v) is 1.52. The number of carboxylic acids is 1. The van der Waals surface area contributed by atoms with E-state index in [1.807, 2.05) is 0 Å². The summed E-state index contributed by atoms with van der Waals surface area (Å²) in [5.74, 6) is -1.07. The Labute approximate surface area is 98.8 Å². The van der Waals surface area contributed by atoms with Crippen molar-refractivity contribution in [3.05, 3.63) is 35.9 Å². The molecule has 1 aromatic carbocycles. The second kappa shape index (κ2) is 4.86. The summed E-state index contributed by atoms with van der Waals surface area (Å²) in [6.07, 6.45) is 1.94. The topological polar surface area (TPSA) is 78.4 Å². The minimum atomic E-state index is -1.07. The second-order valence-corrected chi connectivity index (χ2v) is 4.07. The molecule has 5 heteroatoms. The highest BCUT2D eigenvalue weighted by Crippen LogP contribution is 2.19. The number of nitrogens with one attached hydrogen (secondary N) is 2. The van der Waals surface area contributed by atoms with Crippen LogP contribution in [0.2, 0.25) is 0 Å². The monoisotopic (exact) mass is 234 g/mol. The van der Waals surface area contributed by atoms with Crippen molar-refractivity contribution >= 4 is 12.0 Å². The fraction of sp³-hybridized carbons (Fsp3) is 0.333. The molecule has 17 heavy (non-hydrogen) atoms. The number of carbonyl (C=O) groups is 2. The van der Waals surface area contributed by atoms with Crippen molar-refractivity contribution in [3.8, 4) is 0 Å². The van der Waals surface area contributed by atoms with E-state index in [-0.39, 0.29) is 6.04 Å². The summed E-state index contributed by atoms with van der Waals surface area (Å²) in [5, 5.41) is 14.2. The Kier molecular flexibility index (Phi) is 3.27. The molecule has 0 aromatic heterocycles. The molecule has 0 saturated heterocycles. The molecule has 1 aliphatic carbocycles. The third-order valence-corrected chi connectivity index (χ3v) is 2.57. The maximum absolute atomic E-state index is 11.5. The first-order chi connectivity index (χ1) is 8.16. The van der Waals surface area contributed by atoms with Gasteiger partial charge in [0.1, 0.15) is 0 Å². The molecule has 90 valence electrons. The Bertz CT molecular complexity index is 415. The molecule has 1 fully saturated rings. The molecule has 0 aliphatic heterocycles. The van der Waals surface area contributed by atoms with E-state index >= 15 is 0 Å². The molecule has 3 N–H and O–H groups in total. The van der Waals surface area contributed by atoms with Crippen LogP contribution < -0.4 is 10.6 Å². The van der Waals surface area contributed by atoms with Crippen LogP contribution in [0.25, 0.3) is 0 Å². The molecule has 1 aliphatic rings. The van der Waals surface area contributed by atoms with Crippen molar-refractivity contribution in [2.24, 2.45) is 0 Å². The Morgan fingerprint density at radius 1 is 1.24 bits per heavy atom. The lowest BCUT2D eigenvalue weighted by molar-refractivity contribution is -0.139. The standard InChI is InChI=1S/C12H14N2O3/c15-11(16)10(8-4-2-1-3-5-8)14-12(17)13-9-6-7-9/h1-5,9-10H,6-7H2,(H,15,16)(H2,13,14,17)/t10-/m0/s1. The molecular formula is C12H14N2O3. The van der Waals surface area contributed by atoms with Gasteiger partial charge in [-0.25, -0.2) is 9.59 Å². The first kappa shape index (κ1) is 11.4. The van der Waals surface area contributed by atoms with E-state index in [2.05, 4.69) is 10.6 Å². The Morgan fingerprint density at radius 2 is 1.88 bits per heavy atom. The number of carbonyl (C=O) groups excluding carboxylic acids is 1. The zero-order valence-electron chi connectivity index (χ0n) is 9.22. The van der Waals surface area contributed by atoms with Gasteiger partial charge in [0.2, 0.25) is 0 Å². The molecule has 0 heterocycles. The third kappa shape index (κ3) is 3.21. The van der Waals surface area contributed by atoms with Gasteiger partial charge < -0.3 is 15.7 Å². The highest BCUT2D eigenvalue weighted by Gasteiger charge is 2.26. The maximum Gasteiger partial charge on any atom is 0.330 e. The molecule has 5 nitrogen and oxygen atoms in total. The van der Waals surface area contributed by atoms with E-state index in [1.54, 1.807) is 30.3 Å². The Balaban J connectivity index is 2.02. The molecule has 0 unspecified atom stereocenters. The molecule has 2 amide bonds. The van der Waals surface area contributed by atoms with Crippen LogP contribution in [-0.4, -0.2) is 23.1 Å². The van der Waals surface area contributed by atoms with Crippen LogP contribution in [-0.2, 0) is 4.79 Å². The second-order valence-electron chi connectivity index (χ2n) is 4.07. The van der Waals surface area contributed by atoms with Crippen LogP contribution in [0.4, 0.5) is 4.79 Å². The number of benzene rings is 1. The molecule has 0 spiro atoms. The SMILES string of the molecule is O=C(NC1CC1)N[C@H](C(=O)O)c1ccccc1.